The highest BCUT2D eigenvalue weighted by molar-refractivity contribution is 5.90. The van der Waals surface area contributed by atoms with Crippen molar-refractivity contribution in [1.82, 2.24) is 10.2 Å². The Kier molecular flexibility index (Phi) is 5.07. The smallest absolute Gasteiger partial charge is 0.156 e. The fourth-order valence-electron chi connectivity index (χ4n) is 3.23. The molecule has 0 atom stereocenters. The molecule has 5 heteroatoms. The van der Waals surface area contributed by atoms with Crippen LogP contribution in [0.5, 0.6) is 5.75 Å². The normalized spacial score (nSPS) is 18.3. The molecule has 4 nitrogen and oxygen atoms in total. The van der Waals surface area contributed by atoms with Gasteiger partial charge in [0, 0.05) is 12.1 Å². The van der Waals surface area contributed by atoms with E-state index in [-0.39, 0.29) is 5.82 Å². The maximum atomic E-state index is 14.1. The van der Waals surface area contributed by atoms with Gasteiger partial charge in [-0.25, -0.2) is 4.39 Å². The summed E-state index contributed by atoms with van der Waals surface area (Å²) in [4.78, 5) is 0. The van der Waals surface area contributed by atoms with Crippen molar-refractivity contribution in [1.29, 1.82) is 0 Å². The maximum Gasteiger partial charge on any atom is 0.156 e. The molecule has 3 rings (SSSR count). The van der Waals surface area contributed by atoms with Gasteiger partial charge in [-0.2, -0.15) is 5.10 Å². The molecular weight excluding hydrogens is 305 g/mol. The number of anilines is 1. The van der Waals surface area contributed by atoms with E-state index in [9.17, 15) is 4.39 Å². The Bertz CT molecular complexity index is 726. The summed E-state index contributed by atoms with van der Waals surface area (Å²) < 4.78 is 19.9. The van der Waals surface area contributed by atoms with Crippen LogP contribution in [0.25, 0.3) is 10.9 Å². The van der Waals surface area contributed by atoms with Crippen LogP contribution in [-0.4, -0.2) is 16.8 Å². The summed E-state index contributed by atoms with van der Waals surface area (Å²) in [5.74, 6) is 1.58. The number of H-pyrrole nitrogens is 1. The number of aromatic nitrogens is 2. The zero-order chi connectivity index (χ0) is 17.1. The van der Waals surface area contributed by atoms with Crippen molar-refractivity contribution in [2.75, 3.05) is 12.3 Å². The second-order valence-electron chi connectivity index (χ2n) is 7.18. The zero-order valence-electron chi connectivity index (χ0n) is 14.4. The van der Waals surface area contributed by atoms with Gasteiger partial charge in [-0.3, -0.25) is 5.10 Å². The second kappa shape index (κ2) is 7.24. The number of rotatable bonds is 5. The van der Waals surface area contributed by atoms with Gasteiger partial charge in [-0.05, 0) is 43.9 Å². The van der Waals surface area contributed by atoms with Crippen LogP contribution in [0.15, 0.2) is 23.8 Å². The van der Waals surface area contributed by atoms with Crippen LogP contribution in [0, 0.1) is 17.7 Å². The van der Waals surface area contributed by atoms with Crippen LogP contribution in [0.3, 0.4) is 0 Å². The van der Waals surface area contributed by atoms with E-state index in [0.717, 1.165) is 31.6 Å². The number of halogens is 1. The third-order valence-corrected chi connectivity index (χ3v) is 4.73. The molecule has 0 bridgehead atoms. The third kappa shape index (κ3) is 3.89. The molecule has 0 unspecified atom stereocenters. The van der Waals surface area contributed by atoms with Crippen LogP contribution < -0.4 is 10.5 Å². The highest BCUT2D eigenvalue weighted by Gasteiger charge is 2.18. The average Bonchev–Trinajstić information content (AvgIpc) is 2.93. The quantitative estimate of drug-likeness (QED) is 0.772. The van der Waals surface area contributed by atoms with Gasteiger partial charge in [0.1, 0.15) is 11.6 Å². The lowest BCUT2D eigenvalue weighted by atomic mass is 9.85. The topological polar surface area (TPSA) is 63.9 Å². The molecule has 24 heavy (non-hydrogen) atoms. The number of aromatic amines is 1. The monoisotopic (exact) mass is 331 g/mol. The van der Waals surface area contributed by atoms with Gasteiger partial charge in [0.05, 0.1) is 17.5 Å². The lowest BCUT2D eigenvalue weighted by molar-refractivity contribution is 0.221. The first kappa shape index (κ1) is 16.8. The van der Waals surface area contributed by atoms with E-state index in [1.165, 1.54) is 12.5 Å². The second-order valence-corrected chi connectivity index (χ2v) is 7.18. The molecule has 1 aromatic heterocycles. The van der Waals surface area contributed by atoms with E-state index in [0.29, 0.717) is 29.2 Å². The number of nitrogens with zero attached hydrogens (tertiary/aromatic N) is 1. The van der Waals surface area contributed by atoms with E-state index in [1.54, 1.807) is 11.6 Å². The number of ether oxygens (including phenoxy) is 1. The molecular formula is C19H26FN3O. The fourth-order valence-corrected chi connectivity index (χ4v) is 3.23. The van der Waals surface area contributed by atoms with Crippen molar-refractivity contribution in [2.24, 2.45) is 11.8 Å². The summed E-state index contributed by atoms with van der Waals surface area (Å²) in [7, 11) is 0. The van der Waals surface area contributed by atoms with E-state index >= 15 is 0 Å². The van der Waals surface area contributed by atoms with E-state index in [4.69, 9.17) is 10.5 Å². The minimum absolute atomic E-state index is 0.182. The molecule has 1 fully saturated rings. The predicted octanol–water partition coefficient (Wildman–Crippen LogP) is 4.83. The molecule has 1 aliphatic carbocycles. The number of allylic oxidation sites excluding steroid dienone is 2. The van der Waals surface area contributed by atoms with Crippen LogP contribution in [0.2, 0.25) is 0 Å². The Balaban J connectivity index is 1.55. The SMILES string of the molecule is CC(C)CC=C1CCC(COc2cc(F)c3c(N)n[nH]c3c2)CC1. The standard InChI is InChI=1S/C19H26FN3O/c1-12(2)3-4-13-5-7-14(8-6-13)11-24-15-9-16(20)18-17(10-15)22-23-19(18)21/h4,9-10,12,14H,3,5-8,11H2,1-2H3,(H3,21,22,23). The Morgan fingerprint density at radius 3 is 2.83 bits per heavy atom. The van der Waals surface area contributed by atoms with Gasteiger partial charge >= 0.3 is 0 Å². The van der Waals surface area contributed by atoms with Crippen molar-refractivity contribution in [3.8, 4) is 5.75 Å². The average molecular weight is 331 g/mol. The lowest BCUT2D eigenvalue weighted by Crippen LogP contribution is -2.16. The number of nitrogen functional groups attached to an aromatic ring is 1. The van der Waals surface area contributed by atoms with Crippen molar-refractivity contribution >= 4 is 16.7 Å². The minimum Gasteiger partial charge on any atom is -0.493 e. The van der Waals surface area contributed by atoms with E-state index in [1.807, 2.05) is 0 Å². The number of benzene rings is 1. The number of hydrogen-bond donors (Lipinski definition) is 2. The lowest BCUT2D eigenvalue weighted by Gasteiger charge is -2.24. The Hall–Kier alpha value is -2.04. The molecule has 1 aliphatic rings. The van der Waals surface area contributed by atoms with Gasteiger partial charge < -0.3 is 10.5 Å². The van der Waals surface area contributed by atoms with Crippen molar-refractivity contribution in [2.45, 2.75) is 46.0 Å². The molecule has 0 saturated heterocycles. The maximum absolute atomic E-state index is 14.1. The van der Waals surface area contributed by atoms with E-state index < -0.39 is 5.82 Å². The van der Waals surface area contributed by atoms with Crippen molar-refractivity contribution in [3.05, 3.63) is 29.6 Å². The molecule has 0 radical (unpaired) electrons. The summed E-state index contributed by atoms with van der Waals surface area (Å²) in [6, 6.07) is 3.16. The van der Waals surface area contributed by atoms with Crippen molar-refractivity contribution in [3.63, 3.8) is 0 Å². The van der Waals surface area contributed by atoms with Crippen LogP contribution in [0.4, 0.5) is 10.2 Å². The Morgan fingerprint density at radius 1 is 1.38 bits per heavy atom. The summed E-state index contributed by atoms with van der Waals surface area (Å²) in [5, 5.41) is 6.90. The molecule has 0 amide bonds. The number of nitrogens with one attached hydrogen (secondary N) is 1. The Labute approximate surface area is 142 Å². The highest BCUT2D eigenvalue weighted by atomic mass is 19.1. The third-order valence-electron chi connectivity index (χ3n) is 4.73. The first-order chi connectivity index (χ1) is 11.5. The first-order valence-corrected chi connectivity index (χ1v) is 8.76. The Morgan fingerprint density at radius 2 is 2.12 bits per heavy atom. The van der Waals surface area contributed by atoms with Crippen LogP contribution in [-0.2, 0) is 0 Å². The predicted molar refractivity (Wildman–Crippen MR) is 95.5 cm³/mol. The summed E-state index contributed by atoms with van der Waals surface area (Å²) in [6.07, 6.45) is 8.19. The van der Waals surface area contributed by atoms with Gasteiger partial charge in [-0.15, -0.1) is 0 Å². The summed E-state index contributed by atoms with van der Waals surface area (Å²) in [5.41, 5.74) is 7.80. The van der Waals surface area contributed by atoms with Gasteiger partial charge in [0.2, 0.25) is 0 Å². The summed E-state index contributed by atoms with van der Waals surface area (Å²) >= 11 is 0. The van der Waals surface area contributed by atoms with Crippen LogP contribution >= 0.6 is 0 Å². The summed E-state index contributed by atoms with van der Waals surface area (Å²) in [6.45, 7) is 5.13. The largest absolute Gasteiger partial charge is 0.493 e. The molecule has 130 valence electrons. The van der Waals surface area contributed by atoms with Gasteiger partial charge in [0.15, 0.2) is 5.82 Å². The first-order valence-electron chi connectivity index (χ1n) is 8.76. The minimum atomic E-state index is -0.392. The number of nitrogens with two attached hydrogens (primary N) is 1. The zero-order valence-corrected chi connectivity index (χ0v) is 14.4. The molecule has 0 aliphatic heterocycles. The number of hydrogen-bond acceptors (Lipinski definition) is 3. The highest BCUT2D eigenvalue weighted by Crippen LogP contribution is 2.31. The van der Waals surface area contributed by atoms with E-state index in [2.05, 4.69) is 30.1 Å². The molecule has 1 aromatic carbocycles. The van der Waals surface area contributed by atoms with Gasteiger partial charge in [-0.1, -0.05) is 25.5 Å². The number of fused-ring (bicyclic) bond motifs is 1. The molecule has 2 aromatic rings. The fraction of sp³-hybridized carbons (Fsp3) is 0.526. The molecule has 3 N–H and O–H groups in total. The molecule has 1 saturated carbocycles. The molecule has 0 spiro atoms. The van der Waals surface area contributed by atoms with Crippen LogP contribution in [0.1, 0.15) is 46.0 Å². The van der Waals surface area contributed by atoms with Gasteiger partial charge in [0.25, 0.3) is 0 Å². The molecule has 1 heterocycles. The van der Waals surface area contributed by atoms with Crippen molar-refractivity contribution < 1.29 is 9.13 Å².